The van der Waals surface area contributed by atoms with Crippen molar-refractivity contribution < 1.29 is 4.84 Å². The number of aromatic nitrogens is 1. The Hall–Kier alpha value is -0.450. The van der Waals surface area contributed by atoms with Gasteiger partial charge in [-0.2, -0.15) is 5.06 Å². The Balaban J connectivity index is 2.71. The number of rotatable bonds is 4. The lowest BCUT2D eigenvalue weighted by atomic mass is 10.2. The highest BCUT2D eigenvalue weighted by atomic mass is 32.1. The lowest BCUT2D eigenvalue weighted by Gasteiger charge is -2.23. The highest BCUT2D eigenvalue weighted by Gasteiger charge is 2.15. The predicted octanol–water partition coefficient (Wildman–Crippen LogP) is 2.40. The smallest absolute Gasteiger partial charge is 0.0898 e. The second kappa shape index (κ2) is 4.69. The van der Waals surface area contributed by atoms with E-state index in [1.54, 1.807) is 18.4 Å². The maximum Gasteiger partial charge on any atom is 0.0898 e. The molecule has 0 fully saturated rings. The molecule has 0 saturated carbocycles. The normalized spacial score (nSPS) is 13.6. The molecule has 0 aliphatic heterocycles. The van der Waals surface area contributed by atoms with Gasteiger partial charge >= 0.3 is 0 Å². The van der Waals surface area contributed by atoms with Gasteiger partial charge in [-0.3, -0.25) is 0 Å². The van der Waals surface area contributed by atoms with Gasteiger partial charge in [-0.05, 0) is 13.8 Å². The van der Waals surface area contributed by atoms with Gasteiger partial charge in [0.15, 0.2) is 0 Å². The minimum Gasteiger partial charge on any atom is -0.302 e. The number of hydroxylamine groups is 2. The van der Waals surface area contributed by atoms with Gasteiger partial charge in [0.05, 0.1) is 23.9 Å². The zero-order chi connectivity index (χ0) is 9.84. The van der Waals surface area contributed by atoms with Crippen molar-refractivity contribution in [1.29, 1.82) is 0 Å². The van der Waals surface area contributed by atoms with Gasteiger partial charge in [0.2, 0.25) is 0 Å². The van der Waals surface area contributed by atoms with E-state index in [-0.39, 0.29) is 6.04 Å². The molecule has 0 aromatic carbocycles. The number of hydrogen-bond donors (Lipinski definition) is 0. The molecule has 0 aliphatic rings. The van der Waals surface area contributed by atoms with Crippen molar-refractivity contribution in [2.24, 2.45) is 0 Å². The lowest BCUT2D eigenvalue weighted by Crippen LogP contribution is -2.25. The molecule has 1 atom stereocenters. The summed E-state index contributed by atoms with van der Waals surface area (Å²) in [5.74, 6) is 0. The molecule has 0 amide bonds. The third kappa shape index (κ3) is 2.49. The van der Waals surface area contributed by atoms with E-state index in [1.165, 1.54) is 0 Å². The summed E-state index contributed by atoms with van der Waals surface area (Å²) in [6.07, 6.45) is 0. The van der Waals surface area contributed by atoms with Gasteiger partial charge in [0, 0.05) is 11.9 Å². The molecule has 0 radical (unpaired) electrons. The summed E-state index contributed by atoms with van der Waals surface area (Å²) < 4.78 is 0. The van der Waals surface area contributed by atoms with E-state index in [0.717, 1.165) is 17.2 Å². The first-order chi connectivity index (χ1) is 6.19. The Labute approximate surface area is 83.3 Å². The predicted molar refractivity (Wildman–Crippen MR) is 54.7 cm³/mol. The molecule has 1 unspecified atom stereocenters. The minimum atomic E-state index is 0.236. The second-order valence-corrected chi connectivity index (χ2v) is 3.95. The Morgan fingerprint density at radius 1 is 1.69 bits per heavy atom. The van der Waals surface area contributed by atoms with E-state index < -0.39 is 0 Å². The van der Waals surface area contributed by atoms with Crippen molar-refractivity contribution in [2.45, 2.75) is 26.8 Å². The van der Waals surface area contributed by atoms with Crippen LogP contribution >= 0.6 is 11.3 Å². The molecule has 3 nitrogen and oxygen atoms in total. The van der Waals surface area contributed by atoms with Crippen LogP contribution < -0.4 is 0 Å². The van der Waals surface area contributed by atoms with E-state index in [2.05, 4.69) is 24.2 Å². The summed E-state index contributed by atoms with van der Waals surface area (Å²) in [5.41, 5.74) is 1.09. The first-order valence-corrected chi connectivity index (χ1v) is 5.29. The van der Waals surface area contributed by atoms with Crippen LogP contribution in [0.2, 0.25) is 0 Å². The summed E-state index contributed by atoms with van der Waals surface area (Å²) >= 11 is 1.68. The maximum atomic E-state index is 5.22. The van der Waals surface area contributed by atoms with Gasteiger partial charge in [-0.15, -0.1) is 11.3 Å². The Morgan fingerprint density at radius 2 is 2.38 bits per heavy atom. The summed E-state index contributed by atoms with van der Waals surface area (Å²) in [6, 6.07) is 0.236. The first kappa shape index (κ1) is 10.6. The molecule has 4 heteroatoms. The van der Waals surface area contributed by atoms with Crippen molar-refractivity contribution in [2.75, 3.05) is 13.7 Å². The van der Waals surface area contributed by atoms with E-state index in [4.69, 9.17) is 4.84 Å². The summed E-state index contributed by atoms with van der Waals surface area (Å²) in [4.78, 5) is 9.65. The van der Waals surface area contributed by atoms with Crippen LogP contribution in [0.4, 0.5) is 0 Å². The quantitative estimate of drug-likeness (QED) is 0.698. The Morgan fingerprint density at radius 3 is 2.77 bits per heavy atom. The molecule has 0 bridgehead atoms. The molecular formula is C9H16N2OS. The SMILES string of the molecule is CCN(OC)C(C)c1csc(C)n1. The average molecular weight is 200 g/mol. The van der Waals surface area contributed by atoms with E-state index in [9.17, 15) is 0 Å². The number of thiazole rings is 1. The van der Waals surface area contributed by atoms with Crippen LogP contribution in [0, 0.1) is 6.92 Å². The lowest BCUT2D eigenvalue weighted by molar-refractivity contribution is -0.156. The molecule has 1 aromatic heterocycles. The second-order valence-electron chi connectivity index (χ2n) is 2.88. The Bertz CT molecular complexity index is 258. The molecule has 0 saturated heterocycles. The highest BCUT2D eigenvalue weighted by molar-refractivity contribution is 7.09. The van der Waals surface area contributed by atoms with Crippen LogP contribution in [-0.4, -0.2) is 23.7 Å². The summed E-state index contributed by atoms with van der Waals surface area (Å²) in [7, 11) is 1.69. The van der Waals surface area contributed by atoms with Gasteiger partial charge in [0.25, 0.3) is 0 Å². The molecule has 13 heavy (non-hydrogen) atoms. The van der Waals surface area contributed by atoms with E-state index >= 15 is 0 Å². The molecule has 1 aromatic rings. The fourth-order valence-corrected chi connectivity index (χ4v) is 1.98. The average Bonchev–Trinajstić information content (AvgIpc) is 2.54. The molecule has 1 rings (SSSR count). The topological polar surface area (TPSA) is 25.4 Å². The van der Waals surface area contributed by atoms with Gasteiger partial charge in [0.1, 0.15) is 0 Å². The zero-order valence-corrected chi connectivity index (χ0v) is 9.39. The fourth-order valence-electron chi connectivity index (χ4n) is 1.28. The van der Waals surface area contributed by atoms with Crippen LogP contribution in [0.1, 0.15) is 30.6 Å². The van der Waals surface area contributed by atoms with Crippen molar-refractivity contribution in [1.82, 2.24) is 10.0 Å². The molecule has 0 aliphatic carbocycles. The van der Waals surface area contributed by atoms with Crippen molar-refractivity contribution in [3.05, 3.63) is 16.1 Å². The van der Waals surface area contributed by atoms with Crippen LogP contribution in [0.15, 0.2) is 5.38 Å². The third-order valence-electron chi connectivity index (χ3n) is 2.04. The summed E-state index contributed by atoms with van der Waals surface area (Å²) in [5, 5.41) is 5.10. The summed E-state index contributed by atoms with van der Waals surface area (Å²) in [6.45, 7) is 7.05. The van der Waals surface area contributed by atoms with Gasteiger partial charge in [-0.1, -0.05) is 6.92 Å². The van der Waals surface area contributed by atoms with E-state index in [1.807, 2.05) is 12.0 Å². The zero-order valence-electron chi connectivity index (χ0n) is 8.57. The van der Waals surface area contributed by atoms with Crippen molar-refractivity contribution in [3.8, 4) is 0 Å². The highest BCUT2D eigenvalue weighted by Crippen LogP contribution is 2.21. The van der Waals surface area contributed by atoms with Gasteiger partial charge < -0.3 is 4.84 Å². The molecular weight excluding hydrogens is 184 g/mol. The molecule has 0 N–H and O–H groups in total. The van der Waals surface area contributed by atoms with E-state index in [0.29, 0.717) is 0 Å². The van der Waals surface area contributed by atoms with Crippen molar-refractivity contribution >= 4 is 11.3 Å². The fraction of sp³-hybridized carbons (Fsp3) is 0.667. The maximum absolute atomic E-state index is 5.22. The van der Waals surface area contributed by atoms with Crippen LogP contribution in [0.5, 0.6) is 0 Å². The van der Waals surface area contributed by atoms with Crippen LogP contribution in [-0.2, 0) is 4.84 Å². The number of aryl methyl sites for hydroxylation is 1. The molecule has 0 spiro atoms. The molecule has 74 valence electrons. The standard InChI is InChI=1S/C9H16N2OS/c1-5-11(12-4)7(2)9-6-13-8(3)10-9/h6-7H,5H2,1-4H3. The van der Waals surface area contributed by atoms with Crippen LogP contribution in [0.25, 0.3) is 0 Å². The van der Waals surface area contributed by atoms with Gasteiger partial charge in [-0.25, -0.2) is 4.98 Å². The molecule has 1 heterocycles. The monoisotopic (exact) mass is 200 g/mol. The largest absolute Gasteiger partial charge is 0.302 e. The number of hydrogen-bond acceptors (Lipinski definition) is 4. The number of nitrogens with zero attached hydrogens (tertiary/aromatic N) is 2. The van der Waals surface area contributed by atoms with Crippen LogP contribution in [0.3, 0.4) is 0 Å². The van der Waals surface area contributed by atoms with Crippen molar-refractivity contribution in [3.63, 3.8) is 0 Å². The Kier molecular flexibility index (Phi) is 3.84. The minimum absolute atomic E-state index is 0.236. The first-order valence-electron chi connectivity index (χ1n) is 4.41. The third-order valence-corrected chi connectivity index (χ3v) is 2.83.